The monoisotopic (exact) mass is 433 g/mol. The summed E-state index contributed by atoms with van der Waals surface area (Å²) in [7, 11) is 2.75. The average Bonchev–Trinajstić information content (AvgIpc) is 2.84. The number of hydrogen-bond acceptors (Lipinski definition) is 5. The molecule has 0 fully saturated rings. The lowest BCUT2D eigenvalue weighted by molar-refractivity contribution is -0.146. The van der Waals surface area contributed by atoms with Crippen molar-refractivity contribution in [1.29, 1.82) is 0 Å². The maximum Gasteiger partial charge on any atom is 0.328 e. The molecule has 2 atom stereocenters. The number of hydrogen-bond donors (Lipinski definition) is 1. The molecule has 6 nitrogen and oxygen atoms in total. The molecular formula is C26H27NO5. The van der Waals surface area contributed by atoms with E-state index in [1.165, 1.54) is 14.2 Å². The van der Waals surface area contributed by atoms with Crippen molar-refractivity contribution in [2.45, 2.75) is 25.2 Å². The van der Waals surface area contributed by atoms with E-state index in [1.54, 1.807) is 12.1 Å². The van der Waals surface area contributed by atoms with Crippen LogP contribution in [0, 0.1) is 0 Å². The maximum atomic E-state index is 12.9. The number of carbonyl (C=O) groups is 2. The molecule has 3 aromatic carbocycles. The molecule has 0 aromatic heterocycles. The van der Waals surface area contributed by atoms with Crippen LogP contribution in [0.25, 0.3) is 0 Å². The zero-order chi connectivity index (χ0) is 22.8. The molecule has 6 heteroatoms. The summed E-state index contributed by atoms with van der Waals surface area (Å²) in [5.41, 5.74) is 2.59. The predicted octanol–water partition coefficient (Wildman–Crippen LogP) is 3.85. The number of ether oxygens (including phenoxy) is 3. The van der Waals surface area contributed by atoms with Gasteiger partial charge < -0.3 is 19.5 Å². The molecule has 3 aromatic rings. The van der Waals surface area contributed by atoms with Crippen LogP contribution in [0.4, 0.5) is 0 Å². The minimum atomic E-state index is -0.863. The van der Waals surface area contributed by atoms with Gasteiger partial charge in [0.1, 0.15) is 18.4 Å². The smallest absolute Gasteiger partial charge is 0.328 e. The van der Waals surface area contributed by atoms with Crippen LogP contribution < -0.4 is 10.1 Å². The molecule has 1 N–H and O–H groups in total. The summed E-state index contributed by atoms with van der Waals surface area (Å²) in [5, 5.41) is 2.76. The number of methoxy groups -OCH3 is 2. The van der Waals surface area contributed by atoms with Gasteiger partial charge in [0.05, 0.1) is 7.11 Å². The Morgan fingerprint density at radius 2 is 1.50 bits per heavy atom. The summed E-state index contributed by atoms with van der Waals surface area (Å²) in [6.45, 7) is 0.439. The third kappa shape index (κ3) is 6.43. The second-order valence-electron chi connectivity index (χ2n) is 7.24. The molecule has 32 heavy (non-hydrogen) atoms. The highest BCUT2D eigenvalue weighted by atomic mass is 16.5. The van der Waals surface area contributed by atoms with Gasteiger partial charge in [0.15, 0.2) is 6.10 Å². The topological polar surface area (TPSA) is 73.9 Å². The van der Waals surface area contributed by atoms with Crippen LogP contribution in [0.3, 0.4) is 0 Å². The highest BCUT2D eigenvalue weighted by Crippen LogP contribution is 2.19. The SMILES string of the molecule is COC(=O)[C@H](Cc1cccc(OCc2ccccc2)c1)NC(=O)[C@H](OC)c1ccccc1. The van der Waals surface area contributed by atoms with Crippen molar-refractivity contribution in [3.8, 4) is 5.75 Å². The summed E-state index contributed by atoms with van der Waals surface area (Å²) in [6.07, 6.45) is -0.574. The Morgan fingerprint density at radius 1 is 0.844 bits per heavy atom. The Balaban J connectivity index is 1.69. The van der Waals surface area contributed by atoms with Crippen molar-refractivity contribution >= 4 is 11.9 Å². The van der Waals surface area contributed by atoms with E-state index in [0.29, 0.717) is 17.9 Å². The third-order valence-electron chi connectivity index (χ3n) is 4.96. The second kappa shape index (κ2) is 11.7. The highest BCUT2D eigenvalue weighted by molar-refractivity contribution is 5.87. The van der Waals surface area contributed by atoms with Gasteiger partial charge in [-0.15, -0.1) is 0 Å². The fraction of sp³-hybridized carbons (Fsp3) is 0.231. The van der Waals surface area contributed by atoms with Gasteiger partial charge in [-0.3, -0.25) is 4.79 Å². The van der Waals surface area contributed by atoms with Crippen molar-refractivity contribution in [2.75, 3.05) is 14.2 Å². The number of rotatable bonds is 10. The molecule has 0 aliphatic heterocycles. The summed E-state index contributed by atoms with van der Waals surface area (Å²) >= 11 is 0. The molecule has 0 spiro atoms. The first-order chi connectivity index (χ1) is 15.6. The van der Waals surface area contributed by atoms with Gasteiger partial charge in [-0.25, -0.2) is 4.79 Å². The van der Waals surface area contributed by atoms with Gasteiger partial charge in [-0.05, 0) is 28.8 Å². The molecule has 0 unspecified atom stereocenters. The Morgan fingerprint density at radius 3 is 2.16 bits per heavy atom. The molecule has 0 saturated heterocycles. The first-order valence-electron chi connectivity index (χ1n) is 10.3. The molecule has 166 valence electrons. The van der Waals surface area contributed by atoms with Gasteiger partial charge in [0.25, 0.3) is 5.91 Å². The zero-order valence-corrected chi connectivity index (χ0v) is 18.2. The van der Waals surface area contributed by atoms with Gasteiger partial charge in [0, 0.05) is 13.5 Å². The summed E-state index contributed by atoms with van der Waals surface area (Å²) in [6, 6.07) is 25.6. The van der Waals surface area contributed by atoms with E-state index in [2.05, 4.69) is 5.32 Å². The number of carbonyl (C=O) groups excluding carboxylic acids is 2. The standard InChI is InChI=1S/C26H27NO5/c1-30-24(21-13-7-4-8-14-21)25(28)27-23(26(29)31-2)17-20-12-9-15-22(16-20)32-18-19-10-5-3-6-11-19/h3-16,23-24H,17-18H2,1-2H3,(H,27,28)/t23-,24+/m0/s1. The first kappa shape index (κ1) is 23.0. The quantitative estimate of drug-likeness (QED) is 0.492. The number of esters is 1. The minimum absolute atomic E-state index is 0.256. The Bertz CT molecular complexity index is 1010. The molecule has 0 radical (unpaired) electrons. The molecule has 0 bridgehead atoms. The van der Waals surface area contributed by atoms with Crippen molar-refractivity contribution < 1.29 is 23.8 Å². The van der Waals surface area contributed by atoms with Crippen LogP contribution in [0.15, 0.2) is 84.9 Å². The van der Waals surface area contributed by atoms with Crippen molar-refractivity contribution in [2.24, 2.45) is 0 Å². The summed E-state index contributed by atoms with van der Waals surface area (Å²) in [5.74, 6) is -0.261. The lowest BCUT2D eigenvalue weighted by Gasteiger charge is -2.21. The molecular weight excluding hydrogens is 406 g/mol. The largest absolute Gasteiger partial charge is 0.489 e. The average molecular weight is 434 g/mol. The molecule has 3 rings (SSSR count). The van der Waals surface area contributed by atoms with Gasteiger partial charge in [-0.1, -0.05) is 72.8 Å². The number of benzene rings is 3. The van der Waals surface area contributed by atoms with Crippen LogP contribution in [0.1, 0.15) is 22.8 Å². The van der Waals surface area contributed by atoms with Crippen LogP contribution in [-0.4, -0.2) is 32.1 Å². The maximum absolute atomic E-state index is 12.9. The summed E-state index contributed by atoms with van der Waals surface area (Å²) < 4.78 is 16.2. The first-order valence-corrected chi connectivity index (χ1v) is 10.3. The number of nitrogens with one attached hydrogen (secondary N) is 1. The molecule has 0 aliphatic rings. The molecule has 1 amide bonds. The Labute approximate surface area is 188 Å². The Kier molecular flexibility index (Phi) is 8.40. The fourth-order valence-corrected chi connectivity index (χ4v) is 3.34. The lowest BCUT2D eigenvalue weighted by Crippen LogP contribution is -2.45. The van der Waals surface area contributed by atoms with E-state index >= 15 is 0 Å². The van der Waals surface area contributed by atoms with Crippen LogP contribution in [-0.2, 0) is 32.1 Å². The molecule has 0 saturated carbocycles. The lowest BCUT2D eigenvalue weighted by atomic mass is 10.0. The van der Waals surface area contributed by atoms with E-state index in [1.807, 2.05) is 72.8 Å². The van der Waals surface area contributed by atoms with E-state index in [0.717, 1.165) is 11.1 Å². The van der Waals surface area contributed by atoms with E-state index in [-0.39, 0.29) is 6.42 Å². The second-order valence-corrected chi connectivity index (χ2v) is 7.24. The van der Waals surface area contributed by atoms with E-state index in [9.17, 15) is 9.59 Å². The molecule has 0 aliphatic carbocycles. The summed E-state index contributed by atoms with van der Waals surface area (Å²) in [4.78, 5) is 25.2. The molecule has 0 heterocycles. The van der Waals surface area contributed by atoms with Crippen molar-refractivity contribution in [1.82, 2.24) is 5.32 Å². The minimum Gasteiger partial charge on any atom is -0.489 e. The Hall–Kier alpha value is -3.64. The van der Waals surface area contributed by atoms with Gasteiger partial charge >= 0.3 is 5.97 Å². The predicted molar refractivity (Wildman–Crippen MR) is 121 cm³/mol. The highest BCUT2D eigenvalue weighted by Gasteiger charge is 2.27. The fourth-order valence-electron chi connectivity index (χ4n) is 3.34. The van der Waals surface area contributed by atoms with Gasteiger partial charge in [0.2, 0.25) is 0 Å². The van der Waals surface area contributed by atoms with Gasteiger partial charge in [-0.2, -0.15) is 0 Å². The zero-order valence-electron chi connectivity index (χ0n) is 18.2. The van der Waals surface area contributed by atoms with Crippen LogP contribution in [0.5, 0.6) is 5.75 Å². The van der Waals surface area contributed by atoms with E-state index in [4.69, 9.17) is 14.2 Å². The third-order valence-corrected chi connectivity index (χ3v) is 4.96. The van der Waals surface area contributed by atoms with Crippen LogP contribution >= 0.6 is 0 Å². The number of amides is 1. The van der Waals surface area contributed by atoms with Crippen molar-refractivity contribution in [3.05, 3.63) is 102 Å². The normalized spacial score (nSPS) is 12.4. The van der Waals surface area contributed by atoms with Crippen LogP contribution in [0.2, 0.25) is 0 Å². The van der Waals surface area contributed by atoms with E-state index < -0.39 is 24.0 Å². The van der Waals surface area contributed by atoms with Crippen molar-refractivity contribution in [3.63, 3.8) is 0 Å².